The summed E-state index contributed by atoms with van der Waals surface area (Å²) in [6.07, 6.45) is 7.57. The maximum atomic E-state index is 4.43. The largest absolute Gasteiger partial charge is 0.365 e. The highest BCUT2D eigenvalue weighted by Gasteiger charge is 2.24. The van der Waals surface area contributed by atoms with E-state index in [0.717, 1.165) is 22.8 Å². The van der Waals surface area contributed by atoms with E-state index >= 15 is 0 Å². The van der Waals surface area contributed by atoms with Gasteiger partial charge in [0.15, 0.2) is 5.82 Å². The lowest BCUT2D eigenvalue weighted by Crippen LogP contribution is -2.22. The fourth-order valence-corrected chi connectivity index (χ4v) is 2.70. The molecule has 17 heavy (non-hydrogen) atoms. The molecule has 4 heteroatoms. The number of aromatic nitrogens is 3. The SMILES string of the molecule is CC1CCCC1Nc1nccc2c1ncn2C. The van der Waals surface area contributed by atoms with Crippen molar-refractivity contribution in [3.63, 3.8) is 0 Å². The first kappa shape index (κ1) is 10.6. The molecule has 4 nitrogen and oxygen atoms in total. The van der Waals surface area contributed by atoms with Gasteiger partial charge in [0.25, 0.3) is 0 Å². The number of imidazole rings is 1. The van der Waals surface area contributed by atoms with Gasteiger partial charge < -0.3 is 9.88 Å². The topological polar surface area (TPSA) is 42.7 Å². The molecule has 2 aromatic rings. The molecular weight excluding hydrogens is 212 g/mol. The van der Waals surface area contributed by atoms with Gasteiger partial charge in [-0.05, 0) is 24.8 Å². The molecule has 3 rings (SSSR count). The van der Waals surface area contributed by atoms with Crippen molar-refractivity contribution in [1.29, 1.82) is 0 Å². The lowest BCUT2D eigenvalue weighted by Gasteiger charge is -2.17. The molecule has 90 valence electrons. The molecule has 1 fully saturated rings. The summed E-state index contributed by atoms with van der Waals surface area (Å²) in [5.74, 6) is 1.66. The Hall–Kier alpha value is -1.58. The van der Waals surface area contributed by atoms with Crippen LogP contribution in [-0.4, -0.2) is 20.6 Å². The van der Waals surface area contributed by atoms with Gasteiger partial charge in [-0.2, -0.15) is 0 Å². The molecule has 1 aliphatic rings. The molecule has 0 spiro atoms. The van der Waals surface area contributed by atoms with Crippen LogP contribution in [0.1, 0.15) is 26.2 Å². The highest BCUT2D eigenvalue weighted by Crippen LogP contribution is 2.29. The third-order valence-corrected chi connectivity index (χ3v) is 3.83. The quantitative estimate of drug-likeness (QED) is 0.862. The van der Waals surface area contributed by atoms with Crippen LogP contribution in [0.3, 0.4) is 0 Å². The van der Waals surface area contributed by atoms with Gasteiger partial charge in [-0.1, -0.05) is 13.3 Å². The molecule has 0 amide bonds. The molecule has 0 aromatic carbocycles. The van der Waals surface area contributed by atoms with Crippen LogP contribution in [0.25, 0.3) is 11.0 Å². The van der Waals surface area contributed by atoms with E-state index in [9.17, 15) is 0 Å². The fourth-order valence-electron chi connectivity index (χ4n) is 2.70. The number of hydrogen-bond donors (Lipinski definition) is 1. The summed E-state index contributed by atoms with van der Waals surface area (Å²) in [6, 6.07) is 2.56. The summed E-state index contributed by atoms with van der Waals surface area (Å²) in [7, 11) is 2.01. The van der Waals surface area contributed by atoms with Gasteiger partial charge in [0.2, 0.25) is 0 Å². The van der Waals surface area contributed by atoms with Gasteiger partial charge in [-0.15, -0.1) is 0 Å². The maximum absolute atomic E-state index is 4.43. The fraction of sp³-hybridized carbons (Fsp3) is 0.538. The Morgan fingerprint density at radius 3 is 3.00 bits per heavy atom. The van der Waals surface area contributed by atoms with Crippen LogP contribution in [0.15, 0.2) is 18.6 Å². The van der Waals surface area contributed by atoms with Crippen molar-refractivity contribution in [3.8, 4) is 0 Å². The summed E-state index contributed by atoms with van der Waals surface area (Å²) < 4.78 is 2.03. The van der Waals surface area contributed by atoms with Crippen molar-refractivity contribution in [3.05, 3.63) is 18.6 Å². The summed E-state index contributed by atoms with van der Waals surface area (Å²) >= 11 is 0. The minimum absolute atomic E-state index is 0.551. The third-order valence-electron chi connectivity index (χ3n) is 3.83. The number of nitrogens with zero attached hydrogens (tertiary/aromatic N) is 3. The summed E-state index contributed by atoms with van der Waals surface area (Å²) in [6.45, 7) is 2.31. The highest BCUT2D eigenvalue weighted by molar-refractivity contribution is 5.85. The second kappa shape index (κ2) is 4.02. The number of rotatable bonds is 2. The van der Waals surface area contributed by atoms with Crippen LogP contribution in [0.2, 0.25) is 0 Å². The zero-order valence-corrected chi connectivity index (χ0v) is 10.3. The van der Waals surface area contributed by atoms with Crippen molar-refractivity contribution in [1.82, 2.24) is 14.5 Å². The lowest BCUT2D eigenvalue weighted by molar-refractivity contribution is 0.555. The van der Waals surface area contributed by atoms with E-state index in [1.807, 2.05) is 30.2 Å². The Balaban J connectivity index is 1.94. The van der Waals surface area contributed by atoms with Crippen LogP contribution < -0.4 is 5.32 Å². The smallest absolute Gasteiger partial charge is 0.154 e. The number of nitrogens with one attached hydrogen (secondary N) is 1. The first-order valence-electron chi connectivity index (χ1n) is 6.28. The zero-order chi connectivity index (χ0) is 11.8. The molecular formula is C13H18N4. The number of anilines is 1. The van der Waals surface area contributed by atoms with Gasteiger partial charge in [0, 0.05) is 19.3 Å². The van der Waals surface area contributed by atoms with E-state index in [0.29, 0.717) is 6.04 Å². The first-order chi connectivity index (χ1) is 8.25. The van der Waals surface area contributed by atoms with Crippen molar-refractivity contribution >= 4 is 16.9 Å². The molecule has 1 N–H and O–H groups in total. The maximum Gasteiger partial charge on any atom is 0.154 e. The van der Waals surface area contributed by atoms with Crippen LogP contribution in [0.4, 0.5) is 5.82 Å². The van der Waals surface area contributed by atoms with Crippen molar-refractivity contribution in [2.75, 3.05) is 5.32 Å². The highest BCUT2D eigenvalue weighted by atomic mass is 15.1. The second-order valence-electron chi connectivity index (χ2n) is 5.04. The minimum atomic E-state index is 0.551. The Morgan fingerprint density at radius 1 is 1.35 bits per heavy atom. The van der Waals surface area contributed by atoms with Crippen LogP contribution in [0, 0.1) is 5.92 Å². The van der Waals surface area contributed by atoms with Gasteiger partial charge in [0.1, 0.15) is 5.52 Å². The summed E-state index contributed by atoms with van der Waals surface area (Å²) in [4.78, 5) is 8.85. The predicted molar refractivity (Wildman–Crippen MR) is 68.9 cm³/mol. The van der Waals surface area contributed by atoms with Gasteiger partial charge >= 0.3 is 0 Å². The molecule has 2 aromatic heterocycles. The Bertz CT molecular complexity index is 531. The van der Waals surface area contributed by atoms with Crippen LogP contribution in [-0.2, 0) is 7.05 Å². The van der Waals surface area contributed by atoms with Crippen LogP contribution >= 0.6 is 0 Å². The Morgan fingerprint density at radius 2 is 2.24 bits per heavy atom. The minimum Gasteiger partial charge on any atom is -0.365 e. The first-order valence-corrected chi connectivity index (χ1v) is 6.28. The Labute approximate surface area is 101 Å². The molecule has 2 atom stereocenters. The number of fused-ring (bicyclic) bond motifs is 1. The summed E-state index contributed by atoms with van der Waals surface area (Å²) in [5.41, 5.74) is 2.11. The van der Waals surface area contributed by atoms with Crippen molar-refractivity contribution < 1.29 is 0 Å². The number of aryl methyl sites for hydroxylation is 1. The van der Waals surface area contributed by atoms with E-state index in [1.54, 1.807) is 0 Å². The summed E-state index contributed by atoms with van der Waals surface area (Å²) in [5, 5.41) is 3.56. The van der Waals surface area contributed by atoms with Crippen molar-refractivity contribution in [2.24, 2.45) is 13.0 Å². The molecule has 0 aliphatic heterocycles. The average molecular weight is 230 g/mol. The molecule has 2 unspecified atom stereocenters. The predicted octanol–water partition coefficient (Wildman–Crippen LogP) is 2.57. The molecule has 1 aliphatic carbocycles. The zero-order valence-electron chi connectivity index (χ0n) is 10.3. The average Bonchev–Trinajstić information content (AvgIpc) is 2.89. The van der Waals surface area contributed by atoms with E-state index in [-0.39, 0.29) is 0 Å². The van der Waals surface area contributed by atoms with E-state index in [2.05, 4.69) is 22.2 Å². The normalized spacial score (nSPS) is 24.4. The molecule has 1 saturated carbocycles. The number of pyridine rings is 1. The molecule has 0 saturated heterocycles. The van der Waals surface area contributed by atoms with E-state index in [4.69, 9.17) is 0 Å². The third kappa shape index (κ3) is 1.77. The molecule has 0 radical (unpaired) electrons. The van der Waals surface area contributed by atoms with Gasteiger partial charge in [0.05, 0.1) is 11.8 Å². The Kier molecular flexibility index (Phi) is 2.50. The monoisotopic (exact) mass is 230 g/mol. The molecule has 2 heterocycles. The van der Waals surface area contributed by atoms with Crippen LogP contribution in [0.5, 0.6) is 0 Å². The van der Waals surface area contributed by atoms with E-state index < -0.39 is 0 Å². The van der Waals surface area contributed by atoms with E-state index in [1.165, 1.54) is 19.3 Å². The second-order valence-corrected chi connectivity index (χ2v) is 5.04. The van der Waals surface area contributed by atoms with Gasteiger partial charge in [-0.25, -0.2) is 9.97 Å². The lowest BCUT2D eigenvalue weighted by atomic mass is 10.1. The number of hydrogen-bond acceptors (Lipinski definition) is 3. The van der Waals surface area contributed by atoms with Gasteiger partial charge in [-0.3, -0.25) is 0 Å². The van der Waals surface area contributed by atoms with Crippen molar-refractivity contribution in [2.45, 2.75) is 32.2 Å². The standard InChI is InChI=1S/C13H18N4/c1-9-4-3-5-10(9)16-13-12-11(6-7-14-13)17(2)8-15-12/h6-10H,3-5H2,1-2H3,(H,14,16). The molecule has 0 bridgehead atoms.